The summed E-state index contributed by atoms with van der Waals surface area (Å²) in [6.07, 6.45) is 4.23. The Kier molecular flexibility index (Phi) is 4.14. The minimum atomic E-state index is 0.594. The molecule has 0 aliphatic heterocycles. The third-order valence-corrected chi connectivity index (χ3v) is 3.03. The molecule has 2 rings (SSSR count). The van der Waals surface area contributed by atoms with Crippen molar-refractivity contribution >= 4 is 5.82 Å². The standard InChI is InChI=1S/C12H20N4O/c1-3-16(10-4-5-10)7-6-13-11-8-12(17-2)15-9-14-11/h8-10H,3-7H2,1-2H3,(H,13,14,15). The highest BCUT2D eigenvalue weighted by Crippen LogP contribution is 2.25. The highest BCUT2D eigenvalue weighted by atomic mass is 16.5. The third-order valence-electron chi connectivity index (χ3n) is 3.03. The molecular weight excluding hydrogens is 216 g/mol. The van der Waals surface area contributed by atoms with E-state index in [1.807, 2.05) is 6.07 Å². The van der Waals surface area contributed by atoms with Crippen LogP contribution < -0.4 is 10.1 Å². The molecule has 1 heterocycles. The zero-order chi connectivity index (χ0) is 12.1. The van der Waals surface area contributed by atoms with Gasteiger partial charge in [0.05, 0.1) is 7.11 Å². The number of hydrogen-bond acceptors (Lipinski definition) is 5. The Bertz CT molecular complexity index is 354. The summed E-state index contributed by atoms with van der Waals surface area (Å²) in [7, 11) is 1.61. The van der Waals surface area contributed by atoms with Gasteiger partial charge in [-0.1, -0.05) is 6.92 Å². The summed E-state index contributed by atoms with van der Waals surface area (Å²) in [5, 5.41) is 3.29. The van der Waals surface area contributed by atoms with Crippen LogP contribution in [-0.2, 0) is 0 Å². The molecule has 0 amide bonds. The van der Waals surface area contributed by atoms with Crippen LogP contribution in [0.5, 0.6) is 5.88 Å². The van der Waals surface area contributed by atoms with Crippen LogP contribution in [0.15, 0.2) is 12.4 Å². The van der Waals surface area contributed by atoms with E-state index in [4.69, 9.17) is 4.74 Å². The number of anilines is 1. The highest BCUT2D eigenvalue weighted by Gasteiger charge is 2.27. The normalized spacial score (nSPS) is 15.0. The second kappa shape index (κ2) is 5.82. The first-order valence-electron chi connectivity index (χ1n) is 6.17. The maximum absolute atomic E-state index is 5.05. The molecule has 1 fully saturated rings. The summed E-state index contributed by atoms with van der Waals surface area (Å²) in [5.74, 6) is 1.42. The molecule has 0 spiro atoms. The summed E-state index contributed by atoms with van der Waals surface area (Å²) in [6.45, 7) is 5.31. The van der Waals surface area contributed by atoms with Crippen molar-refractivity contribution in [1.82, 2.24) is 14.9 Å². The molecule has 1 N–H and O–H groups in total. The fourth-order valence-electron chi connectivity index (χ4n) is 1.91. The van der Waals surface area contributed by atoms with Crippen molar-refractivity contribution in [2.75, 3.05) is 32.1 Å². The number of aromatic nitrogens is 2. The van der Waals surface area contributed by atoms with Crippen LogP contribution in [0.25, 0.3) is 0 Å². The molecule has 0 unspecified atom stereocenters. The maximum Gasteiger partial charge on any atom is 0.218 e. The van der Waals surface area contributed by atoms with Gasteiger partial charge in [0, 0.05) is 25.2 Å². The molecule has 1 aliphatic carbocycles. The van der Waals surface area contributed by atoms with Crippen LogP contribution in [0, 0.1) is 0 Å². The van der Waals surface area contributed by atoms with Crippen LogP contribution in [0.3, 0.4) is 0 Å². The lowest BCUT2D eigenvalue weighted by Gasteiger charge is -2.19. The first-order valence-corrected chi connectivity index (χ1v) is 6.17. The van der Waals surface area contributed by atoms with Crippen molar-refractivity contribution in [2.45, 2.75) is 25.8 Å². The van der Waals surface area contributed by atoms with Gasteiger partial charge in [-0.05, 0) is 19.4 Å². The lowest BCUT2D eigenvalue weighted by Crippen LogP contribution is -2.31. The summed E-state index contributed by atoms with van der Waals surface area (Å²) < 4.78 is 5.05. The van der Waals surface area contributed by atoms with E-state index in [1.54, 1.807) is 7.11 Å². The zero-order valence-corrected chi connectivity index (χ0v) is 10.5. The van der Waals surface area contributed by atoms with Crippen molar-refractivity contribution in [3.63, 3.8) is 0 Å². The number of methoxy groups -OCH3 is 1. The molecule has 0 saturated heterocycles. The van der Waals surface area contributed by atoms with Crippen LogP contribution in [0.4, 0.5) is 5.82 Å². The van der Waals surface area contributed by atoms with Crippen LogP contribution in [-0.4, -0.2) is 47.7 Å². The summed E-state index contributed by atoms with van der Waals surface area (Å²) in [6, 6.07) is 2.63. The van der Waals surface area contributed by atoms with Gasteiger partial charge in [0.15, 0.2) is 0 Å². The number of nitrogens with zero attached hydrogens (tertiary/aromatic N) is 3. The van der Waals surface area contributed by atoms with E-state index >= 15 is 0 Å². The summed E-state index contributed by atoms with van der Waals surface area (Å²) in [4.78, 5) is 10.6. The van der Waals surface area contributed by atoms with E-state index in [1.165, 1.54) is 19.2 Å². The van der Waals surface area contributed by atoms with Crippen LogP contribution in [0.2, 0.25) is 0 Å². The molecule has 0 atom stereocenters. The third kappa shape index (κ3) is 3.56. The van der Waals surface area contributed by atoms with E-state index in [0.29, 0.717) is 5.88 Å². The number of rotatable bonds is 7. The maximum atomic E-state index is 5.05. The predicted octanol–water partition coefficient (Wildman–Crippen LogP) is 1.38. The van der Waals surface area contributed by atoms with Gasteiger partial charge in [-0.3, -0.25) is 4.90 Å². The molecule has 0 bridgehead atoms. The smallest absolute Gasteiger partial charge is 0.218 e. The number of nitrogens with one attached hydrogen (secondary N) is 1. The quantitative estimate of drug-likeness (QED) is 0.775. The molecule has 1 saturated carbocycles. The van der Waals surface area contributed by atoms with Crippen molar-refractivity contribution in [1.29, 1.82) is 0 Å². The molecule has 17 heavy (non-hydrogen) atoms. The monoisotopic (exact) mass is 236 g/mol. The SMILES string of the molecule is CCN(CCNc1cc(OC)ncn1)C1CC1. The Morgan fingerprint density at radius 2 is 2.29 bits per heavy atom. The van der Waals surface area contributed by atoms with Crippen molar-refractivity contribution in [2.24, 2.45) is 0 Å². The molecule has 1 aliphatic rings. The van der Waals surface area contributed by atoms with E-state index in [-0.39, 0.29) is 0 Å². The van der Waals surface area contributed by atoms with Gasteiger partial charge in [-0.25, -0.2) is 9.97 Å². The second-order valence-corrected chi connectivity index (χ2v) is 4.23. The molecule has 5 nitrogen and oxygen atoms in total. The van der Waals surface area contributed by atoms with Crippen molar-refractivity contribution in [3.8, 4) is 5.88 Å². The van der Waals surface area contributed by atoms with Gasteiger partial charge < -0.3 is 10.1 Å². The Balaban J connectivity index is 1.76. The lowest BCUT2D eigenvalue weighted by molar-refractivity contribution is 0.289. The van der Waals surface area contributed by atoms with E-state index in [2.05, 4.69) is 27.1 Å². The topological polar surface area (TPSA) is 50.3 Å². The van der Waals surface area contributed by atoms with Gasteiger partial charge >= 0.3 is 0 Å². The highest BCUT2D eigenvalue weighted by molar-refractivity contribution is 5.36. The Morgan fingerprint density at radius 3 is 2.94 bits per heavy atom. The molecular formula is C12H20N4O. The largest absolute Gasteiger partial charge is 0.481 e. The molecule has 94 valence electrons. The number of ether oxygens (including phenoxy) is 1. The molecule has 0 radical (unpaired) electrons. The Hall–Kier alpha value is -1.36. The van der Waals surface area contributed by atoms with E-state index in [9.17, 15) is 0 Å². The fourth-order valence-corrected chi connectivity index (χ4v) is 1.91. The number of likely N-dealkylation sites (N-methyl/N-ethyl adjacent to an activating group) is 1. The van der Waals surface area contributed by atoms with Crippen LogP contribution in [0.1, 0.15) is 19.8 Å². The van der Waals surface area contributed by atoms with E-state index in [0.717, 1.165) is 31.5 Å². The minimum absolute atomic E-state index is 0.594. The molecule has 1 aromatic rings. The van der Waals surface area contributed by atoms with Gasteiger partial charge in [-0.2, -0.15) is 0 Å². The van der Waals surface area contributed by atoms with Crippen molar-refractivity contribution < 1.29 is 4.74 Å². The predicted molar refractivity (Wildman–Crippen MR) is 67.3 cm³/mol. The molecule has 0 aromatic carbocycles. The van der Waals surface area contributed by atoms with Gasteiger partial charge in [0.2, 0.25) is 5.88 Å². The Morgan fingerprint density at radius 1 is 1.47 bits per heavy atom. The average Bonchev–Trinajstić information content (AvgIpc) is 3.19. The number of hydrogen-bond donors (Lipinski definition) is 1. The van der Waals surface area contributed by atoms with Gasteiger partial charge in [0.25, 0.3) is 0 Å². The minimum Gasteiger partial charge on any atom is -0.481 e. The van der Waals surface area contributed by atoms with Crippen LogP contribution >= 0.6 is 0 Å². The first kappa shape index (κ1) is 12.1. The van der Waals surface area contributed by atoms with E-state index < -0.39 is 0 Å². The Labute approximate surface area is 102 Å². The average molecular weight is 236 g/mol. The summed E-state index contributed by atoms with van der Waals surface area (Å²) >= 11 is 0. The van der Waals surface area contributed by atoms with Crippen molar-refractivity contribution in [3.05, 3.63) is 12.4 Å². The fraction of sp³-hybridized carbons (Fsp3) is 0.667. The molecule has 1 aromatic heterocycles. The van der Waals surface area contributed by atoms with Gasteiger partial charge in [0.1, 0.15) is 12.1 Å². The lowest BCUT2D eigenvalue weighted by atomic mass is 10.4. The van der Waals surface area contributed by atoms with Gasteiger partial charge in [-0.15, -0.1) is 0 Å². The second-order valence-electron chi connectivity index (χ2n) is 4.23. The summed E-state index contributed by atoms with van der Waals surface area (Å²) in [5.41, 5.74) is 0. The zero-order valence-electron chi connectivity index (χ0n) is 10.5. The first-order chi connectivity index (χ1) is 8.33. The molecule has 5 heteroatoms.